The van der Waals surface area contributed by atoms with Crippen LogP contribution in [0.4, 0.5) is 10.1 Å². The molecule has 3 aromatic carbocycles. The molecule has 1 heterocycles. The van der Waals surface area contributed by atoms with Crippen molar-refractivity contribution in [2.24, 2.45) is 0 Å². The van der Waals surface area contributed by atoms with Crippen LogP contribution in [0.2, 0.25) is 0 Å². The largest absolute Gasteiger partial charge is 0.481 e. The van der Waals surface area contributed by atoms with Crippen LogP contribution in [0.15, 0.2) is 72.8 Å². The zero-order chi connectivity index (χ0) is 23.4. The van der Waals surface area contributed by atoms with E-state index in [1.165, 1.54) is 24.3 Å². The number of hydrogen-bond donors (Lipinski definition) is 1. The molecule has 0 radical (unpaired) electrons. The summed E-state index contributed by atoms with van der Waals surface area (Å²) in [6, 6.07) is 21.2. The van der Waals surface area contributed by atoms with Crippen molar-refractivity contribution < 1.29 is 18.7 Å². The third kappa shape index (κ3) is 5.06. The second-order valence-corrected chi connectivity index (χ2v) is 8.15. The lowest BCUT2D eigenvalue weighted by Gasteiger charge is -2.37. The van der Waals surface area contributed by atoms with Gasteiger partial charge in [-0.25, -0.2) is 4.39 Å². The summed E-state index contributed by atoms with van der Waals surface area (Å²) < 4.78 is 19.2. The second kappa shape index (κ2) is 9.86. The molecule has 0 saturated carbocycles. The summed E-state index contributed by atoms with van der Waals surface area (Å²) in [5.41, 5.74) is 3.72. The molecule has 0 saturated heterocycles. The normalized spacial score (nSPS) is 16.0. The van der Waals surface area contributed by atoms with Crippen LogP contribution in [0.25, 0.3) is 0 Å². The highest BCUT2D eigenvalue weighted by Gasteiger charge is 2.31. The number of fused-ring (bicyclic) bond motifs is 1. The Hall–Kier alpha value is -3.67. The Labute approximate surface area is 193 Å². The van der Waals surface area contributed by atoms with E-state index >= 15 is 0 Å². The monoisotopic (exact) mass is 446 g/mol. The minimum Gasteiger partial charge on any atom is -0.481 e. The Morgan fingerprint density at radius 1 is 1.09 bits per heavy atom. The fraction of sp³-hybridized carbons (Fsp3) is 0.259. The molecule has 4 rings (SSSR count). The van der Waals surface area contributed by atoms with Crippen molar-refractivity contribution in [3.05, 3.63) is 95.3 Å². The van der Waals surface area contributed by atoms with Crippen LogP contribution in [0.3, 0.4) is 0 Å². The number of carbonyl (C=O) groups is 2. The van der Waals surface area contributed by atoms with Crippen molar-refractivity contribution in [1.29, 1.82) is 0 Å². The number of anilines is 1. The van der Waals surface area contributed by atoms with Gasteiger partial charge in [-0.05, 0) is 65.9 Å². The number of amides is 2. The van der Waals surface area contributed by atoms with E-state index in [1.54, 1.807) is 6.92 Å². The average molecular weight is 447 g/mol. The van der Waals surface area contributed by atoms with Gasteiger partial charge in [-0.3, -0.25) is 9.59 Å². The molecule has 0 fully saturated rings. The first-order valence-corrected chi connectivity index (χ1v) is 11.1. The molecule has 3 aromatic rings. The van der Waals surface area contributed by atoms with Gasteiger partial charge in [0.05, 0.1) is 6.04 Å². The number of carbonyl (C=O) groups excluding carboxylic acids is 2. The molecule has 0 spiro atoms. The Morgan fingerprint density at radius 3 is 2.48 bits per heavy atom. The minimum atomic E-state index is -0.712. The molecule has 170 valence electrons. The summed E-state index contributed by atoms with van der Waals surface area (Å²) >= 11 is 0. The molecular formula is C27H27FN2O3. The van der Waals surface area contributed by atoms with Crippen LogP contribution in [0.1, 0.15) is 43.0 Å². The number of ether oxygens (including phenoxy) is 1. The summed E-state index contributed by atoms with van der Waals surface area (Å²) in [5, 5.41) is 2.78. The van der Waals surface area contributed by atoms with Gasteiger partial charge in [0.15, 0.2) is 6.10 Å². The van der Waals surface area contributed by atoms with Gasteiger partial charge in [-0.2, -0.15) is 0 Å². The maximum Gasteiger partial charge on any atom is 0.265 e. The lowest BCUT2D eigenvalue weighted by Crippen LogP contribution is -2.39. The van der Waals surface area contributed by atoms with Crippen molar-refractivity contribution in [2.75, 3.05) is 11.9 Å². The van der Waals surface area contributed by atoms with E-state index in [-0.39, 0.29) is 23.7 Å². The maximum absolute atomic E-state index is 13.1. The highest BCUT2D eigenvalue weighted by Crippen LogP contribution is 2.37. The number of nitrogens with one attached hydrogen (secondary N) is 1. The predicted octanol–water partition coefficient (Wildman–Crippen LogP) is 5.12. The van der Waals surface area contributed by atoms with Gasteiger partial charge >= 0.3 is 0 Å². The van der Waals surface area contributed by atoms with Gasteiger partial charge in [-0.15, -0.1) is 0 Å². The SMILES string of the molecule is CC[C@H](Oc1ccc2c(c1)[C@@H](c1ccccc1)N(C(C)=O)CC2)C(=O)Nc1ccc(F)cc1. The fourth-order valence-corrected chi connectivity index (χ4v) is 4.24. The van der Waals surface area contributed by atoms with E-state index in [0.717, 1.165) is 23.1 Å². The van der Waals surface area contributed by atoms with Crippen LogP contribution in [0.5, 0.6) is 5.75 Å². The molecule has 0 unspecified atom stereocenters. The molecule has 1 aliphatic heterocycles. The summed E-state index contributed by atoms with van der Waals surface area (Å²) in [7, 11) is 0. The van der Waals surface area contributed by atoms with Crippen LogP contribution in [0, 0.1) is 5.82 Å². The maximum atomic E-state index is 13.1. The van der Waals surface area contributed by atoms with E-state index < -0.39 is 6.10 Å². The molecule has 33 heavy (non-hydrogen) atoms. The average Bonchev–Trinajstić information content (AvgIpc) is 2.83. The standard InChI is InChI=1S/C27H27FN2O3/c1-3-25(27(32)29-22-12-10-21(28)11-13-22)33-23-14-9-19-15-16-30(18(2)31)26(24(19)17-23)20-7-5-4-6-8-20/h4-14,17,25-26H,3,15-16H2,1-2H3,(H,29,32)/t25-,26+/m0/s1. The number of nitrogens with zero attached hydrogens (tertiary/aromatic N) is 1. The lowest BCUT2D eigenvalue weighted by molar-refractivity contribution is -0.130. The number of halogens is 1. The van der Waals surface area contributed by atoms with E-state index in [0.29, 0.717) is 24.4 Å². The number of hydrogen-bond acceptors (Lipinski definition) is 3. The zero-order valence-electron chi connectivity index (χ0n) is 18.8. The van der Waals surface area contributed by atoms with Gasteiger partial charge in [-0.1, -0.05) is 43.3 Å². The molecule has 2 amide bonds. The molecule has 0 bridgehead atoms. The van der Waals surface area contributed by atoms with Crippen molar-refractivity contribution in [3.8, 4) is 5.75 Å². The van der Waals surface area contributed by atoms with Gasteiger partial charge in [0.25, 0.3) is 5.91 Å². The first-order chi connectivity index (χ1) is 16.0. The highest BCUT2D eigenvalue weighted by atomic mass is 19.1. The van der Waals surface area contributed by atoms with Gasteiger partial charge < -0.3 is 15.0 Å². The summed E-state index contributed by atoms with van der Waals surface area (Å²) in [6.45, 7) is 4.12. The number of benzene rings is 3. The summed E-state index contributed by atoms with van der Waals surface area (Å²) in [4.78, 5) is 27.0. The smallest absolute Gasteiger partial charge is 0.265 e. The highest BCUT2D eigenvalue weighted by molar-refractivity contribution is 5.94. The Bertz CT molecular complexity index is 1130. The third-order valence-electron chi connectivity index (χ3n) is 5.92. The van der Waals surface area contributed by atoms with E-state index in [1.807, 2.05) is 60.4 Å². The predicted molar refractivity (Wildman–Crippen MR) is 126 cm³/mol. The van der Waals surface area contributed by atoms with E-state index in [2.05, 4.69) is 5.32 Å². The van der Waals surface area contributed by atoms with Crippen molar-refractivity contribution in [3.63, 3.8) is 0 Å². The van der Waals surface area contributed by atoms with Gasteiger partial charge in [0.2, 0.25) is 5.91 Å². The van der Waals surface area contributed by atoms with Crippen LogP contribution < -0.4 is 10.1 Å². The van der Waals surface area contributed by atoms with Crippen molar-refractivity contribution in [1.82, 2.24) is 4.90 Å². The van der Waals surface area contributed by atoms with Crippen LogP contribution >= 0.6 is 0 Å². The topological polar surface area (TPSA) is 58.6 Å². The molecular weight excluding hydrogens is 419 g/mol. The first-order valence-electron chi connectivity index (χ1n) is 11.1. The first kappa shape index (κ1) is 22.5. The van der Waals surface area contributed by atoms with Crippen LogP contribution in [-0.2, 0) is 16.0 Å². The van der Waals surface area contributed by atoms with E-state index in [9.17, 15) is 14.0 Å². The Kier molecular flexibility index (Phi) is 6.73. The van der Waals surface area contributed by atoms with Crippen molar-refractivity contribution in [2.45, 2.75) is 38.8 Å². The zero-order valence-corrected chi connectivity index (χ0v) is 18.8. The molecule has 1 N–H and O–H groups in total. The molecule has 6 heteroatoms. The van der Waals surface area contributed by atoms with Crippen LogP contribution in [-0.4, -0.2) is 29.4 Å². The molecule has 0 aromatic heterocycles. The molecule has 2 atom stereocenters. The third-order valence-corrected chi connectivity index (χ3v) is 5.92. The minimum absolute atomic E-state index is 0.0194. The Morgan fingerprint density at radius 2 is 1.82 bits per heavy atom. The summed E-state index contributed by atoms with van der Waals surface area (Å²) in [5.74, 6) is -0.0724. The van der Waals surface area contributed by atoms with Gasteiger partial charge in [0, 0.05) is 19.2 Å². The fourth-order valence-electron chi connectivity index (χ4n) is 4.24. The quantitative estimate of drug-likeness (QED) is 0.572. The second-order valence-electron chi connectivity index (χ2n) is 8.15. The molecule has 1 aliphatic rings. The lowest BCUT2D eigenvalue weighted by atomic mass is 9.88. The number of rotatable bonds is 6. The van der Waals surface area contributed by atoms with E-state index in [4.69, 9.17) is 4.74 Å². The van der Waals surface area contributed by atoms with Gasteiger partial charge in [0.1, 0.15) is 11.6 Å². The Balaban J connectivity index is 1.59. The molecule has 0 aliphatic carbocycles. The summed E-state index contributed by atoms with van der Waals surface area (Å²) in [6.07, 6.45) is 0.517. The van der Waals surface area contributed by atoms with Crippen molar-refractivity contribution >= 4 is 17.5 Å². The molecule has 5 nitrogen and oxygen atoms in total.